The van der Waals surface area contributed by atoms with Crippen LogP contribution in [0.15, 0.2) is 154 Å². The summed E-state index contributed by atoms with van der Waals surface area (Å²) in [4.78, 5) is 10.1. The first-order valence-corrected chi connectivity index (χ1v) is 14.7. The molecule has 0 unspecified atom stereocenters. The molecule has 0 aliphatic carbocycles. The third kappa shape index (κ3) is 3.92. The van der Waals surface area contributed by atoms with E-state index < -0.39 is 0 Å². The molecule has 6 aromatic carbocycles. The fourth-order valence-electron chi connectivity index (χ4n) is 6.24. The molecule has 0 saturated carbocycles. The van der Waals surface area contributed by atoms with Gasteiger partial charge in [0.25, 0.3) is 0 Å². The third-order valence-electron chi connectivity index (χ3n) is 8.32. The zero-order valence-electron chi connectivity index (χ0n) is 23.6. The van der Waals surface area contributed by atoms with Gasteiger partial charge in [0.05, 0.1) is 17.0 Å². The third-order valence-corrected chi connectivity index (χ3v) is 8.32. The summed E-state index contributed by atoms with van der Waals surface area (Å²) in [6.07, 6.45) is 0. The first kappa shape index (κ1) is 24.6. The molecular weight excluding hydrogens is 540 g/mol. The van der Waals surface area contributed by atoms with Crippen LogP contribution in [-0.2, 0) is 0 Å². The van der Waals surface area contributed by atoms with Crippen LogP contribution in [0, 0.1) is 0 Å². The molecule has 0 bridgehead atoms. The molecule has 0 spiro atoms. The predicted octanol–water partition coefficient (Wildman–Crippen LogP) is 10.9. The first-order valence-electron chi connectivity index (χ1n) is 14.7. The summed E-state index contributed by atoms with van der Waals surface area (Å²) in [5, 5.41) is 4.31. The van der Waals surface area contributed by atoms with Gasteiger partial charge in [-0.2, -0.15) is 0 Å². The minimum atomic E-state index is 0.629. The Morgan fingerprint density at radius 1 is 0.386 bits per heavy atom. The van der Waals surface area contributed by atoms with Crippen LogP contribution in [0.2, 0.25) is 0 Å². The molecule has 0 N–H and O–H groups in total. The van der Waals surface area contributed by atoms with E-state index in [1.54, 1.807) is 0 Å². The standard InChI is InChI=1S/C40H24N2O2/c1-3-11-25(12-4-1)33-24-34(26-13-5-2-6-14-26)42-40(41-33)31-18-9-17-29-32-23-27(21-22-36(32)44-39(29)31)28-16-10-20-37-38(28)30-15-7-8-19-35(30)43-37/h1-24H. The zero-order valence-corrected chi connectivity index (χ0v) is 23.6. The van der Waals surface area contributed by atoms with E-state index in [1.165, 1.54) is 0 Å². The van der Waals surface area contributed by atoms with Crippen LogP contribution in [0.5, 0.6) is 0 Å². The Morgan fingerprint density at radius 3 is 1.77 bits per heavy atom. The molecule has 206 valence electrons. The van der Waals surface area contributed by atoms with Gasteiger partial charge >= 0.3 is 0 Å². The topological polar surface area (TPSA) is 52.1 Å². The maximum absolute atomic E-state index is 6.56. The van der Waals surface area contributed by atoms with Crippen LogP contribution < -0.4 is 0 Å². The number of rotatable bonds is 4. The molecule has 3 aromatic heterocycles. The maximum Gasteiger partial charge on any atom is 0.164 e. The molecule has 3 heterocycles. The quantitative estimate of drug-likeness (QED) is 0.213. The van der Waals surface area contributed by atoms with E-state index in [0.29, 0.717) is 5.82 Å². The molecule has 0 fully saturated rings. The minimum Gasteiger partial charge on any atom is -0.456 e. The Bertz CT molecular complexity index is 2430. The number of hydrogen-bond acceptors (Lipinski definition) is 4. The van der Waals surface area contributed by atoms with Gasteiger partial charge in [-0.05, 0) is 47.5 Å². The smallest absolute Gasteiger partial charge is 0.164 e. The Labute approximate surface area is 252 Å². The van der Waals surface area contributed by atoms with Gasteiger partial charge in [-0.1, -0.05) is 109 Å². The summed E-state index contributed by atoms with van der Waals surface area (Å²) in [5.74, 6) is 0.629. The van der Waals surface area contributed by atoms with Crippen LogP contribution in [0.1, 0.15) is 0 Å². The average Bonchev–Trinajstić information content (AvgIpc) is 3.67. The number of benzene rings is 6. The molecule has 0 radical (unpaired) electrons. The van der Waals surface area contributed by atoms with Gasteiger partial charge in [0.2, 0.25) is 0 Å². The first-order chi connectivity index (χ1) is 21.8. The molecule has 0 saturated heterocycles. The molecule has 0 atom stereocenters. The van der Waals surface area contributed by atoms with E-state index in [2.05, 4.69) is 84.9 Å². The van der Waals surface area contributed by atoms with Crippen molar-refractivity contribution in [1.82, 2.24) is 9.97 Å². The van der Waals surface area contributed by atoms with Crippen molar-refractivity contribution >= 4 is 43.9 Å². The molecule has 44 heavy (non-hydrogen) atoms. The van der Waals surface area contributed by atoms with E-state index in [0.717, 1.165) is 83.1 Å². The van der Waals surface area contributed by atoms with E-state index in [4.69, 9.17) is 18.8 Å². The monoisotopic (exact) mass is 564 g/mol. The lowest BCUT2D eigenvalue weighted by Crippen LogP contribution is -1.96. The van der Waals surface area contributed by atoms with E-state index in [9.17, 15) is 0 Å². The second-order valence-electron chi connectivity index (χ2n) is 11.0. The largest absolute Gasteiger partial charge is 0.456 e. The van der Waals surface area contributed by atoms with Crippen LogP contribution in [0.25, 0.3) is 88.9 Å². The highest BCUT2D eigenvalue weighted by Crippen LogP contribution is 2.41. The molecule has 9 rings (SSSR count). The molecule has 9 aromatic rings. The van der Waals surface area contributed by atoms with E-state index in [-0.39, 0.29) is 0 Å². The summed E-state index contributed by atoms with van der Waals surface area (Å²) in [7, 11) is 0. The normalized spacial score (nSPS) is 11.6. The maximum atomic E-state index is 6.56. The number of nitrogens with zero attached hydrogens (tertiary/aromatic N) is 2. The van der Waals surface area contributed by atoms with Gasteiger partial charge in [0.1, 0.15) is 22.3 Å². The lowest BCUT2D eigenvalue weighted by Gasteiger charge is -2.09. The Hall–Kier alpha value is -6.00. The second-order valence-corrected chi connectivity index (χ2v) is 11.0. The molecule has 4 nitrogen and oxygen atoms in total. The SMILES string of the molecule is c1ccc(-c2cc(-c3ccccc3)nc(-c3cccc4c3oc3ccc(-c5cccc6oc7ccccc7c56)cc34)n2)cc1. The van der Waals surface area contributed by atoms with Gasteiger partial charge in [-0.3, -0.25) is 0 Å². The molecule has 0 amide bonds. The number of hydrogen-bond donors (Lipinski definition) is 0. The predicted molar refractivity (Wildman–Crippen MR) is 178 cm³/mol. The van der Waals surface area contributed by atoms with Gasteiger partial charge in [-0.15, -0.1) is 0 Å². The molecule has 0 aliphatic heterocycles. The van der Waals surface area contributed by atoms with Crippen molar-refractivity contribution in [2.75, 3.05) is 0 Å². The van der Waals surface area contributed by atoms with Gasteiger partial charge < -0.3 is 8.83 Å². The van der Waals surface area contributed by atoms with Crippen LogP contribution in [-0.4, -0.2) is 9.97 Å². The average molecular weight is 565 g/mol. The van der Waals surface area contributed by atoms with Crippen molar-refractivity contribution in [3.8, 4) is 45.0 Å². The summed E-state index contributed by atoms with van der Waals surface area (Å²) in [6, 6.07) is 49.6. The van der Waals surface area contributed by atoms with Crippen LogP contribution >= 0.6 is 0 Å². The minimum absolute atomic E-state index is 0.629. The molecule has 4 heteroatoms. The Balaban J connectivity index is 1.25. The van der Waals surface area contributed by atoms with Crippen molar-refractivity contribution in [1.29, 1.82) is 0 Å². The highest BCUT2D eigenvalue weighted by molar-refractivity contribution is 6.14. The summed E-state index contributed by atoms with van der Waals surface area (Å²) in [6.45, 7) is 0. The van der Waals surface area contributed by atoms with Gasteiger partial charge in [0.15, 0.2) is 5.82 Å². The highest BCUT2D eigenvalue weighted by Gasteiger charge is 2.18. The van der Waals surface area contributed by atoms with E-state index in [1.807, 2.05) is 60.7 Å². The van der Waals surface area contributed by atoms with Crippen molar-refractivity contribution in [3.63, 3.8) is 0 Å². The van der Waals surface area contributed by atoms with Crippen molar-refractivity contribution in [3.05, 3.63) is 146 Å². The van der Waals surface area contributed by atoms with Gasteiger partial charge in [0, 0.05) is 32.7 Å². The number of fused-ring (bicyclic) bond motifs is 6. The zero-order chi connectivity index (χ0) is 29.0. The Morgan fingerprint density at radius 2 is 1.00 bits per heavy atom. The van der Waals surface area contributed by atoms with Crippen molar-refractivity contribution in [2.45, 2.75) is 0 Å². The second kappa shape index (κ2) is 9.79. The van der Waals surface area contributed by atoms with Crippen molar-refractivity contribution < 1.29 is 8.83 Å². The fraction of sp³-hybridized carbons (Fsp3) is 0. The fourth-order valence-corrected chi connectivity index (χ4v) is 6.24. The van der Waals surface area contributed by atoms with Crippen LogP contribution in [0.4, 0.5) is 0 Å². The molecule has 0 aliphatic rings. The summed E-state index contributed by atoms with van der Waals surface area (Å²) < 4.78 is 12.7. The summed E-state index contributed by atoms with van der Waals surface area (Å²) in [5.41, 5.74) is 10.3. The highest BCUT2D eigenvalue weighted by atomic mass is 16.3. The van der Waals surface area contributed by atoms with Gasteiger partial charge in [-0.25, -0.2) is 9.97 Å². The van der Waals surface area contributed by atoms with E-state index >= 15 is 0 Å². The number of aromatic nitrogens is 2. The Kier molecular flexibility index (Phi) is 5.47. The number of para-hydroxylation sites is 2. The number of furan rings is 2. The van der Waals surface area contributed by atoms with Crippen molar-refractivity contribution in [2.24, 2.45) is 0 Å². The lowest BCUT2D eigenvalue weighted by atomic mass is 9.97. The summed E-state index contributed by atoms with van der Waals surface area (Å²) >= 11 is 0. The van der Waals surface area contributed by atoms with Crippen LogP contribution in [0.3, 0.4) is 0 Å². The lowest BCUT2D eigenvalue weighted by molar-refractivity contribution is 0.669. The molecular formula is C40H24N2O2.